The van der Waals surface area contributed by atoms with Crippen LogP contribution in [0.15, 0.2) is 42.5 Å². The van der Waals surface area contributed by atoms with E-state index in [-0.39, 0.29) is 12.7 Å². The number of fused-ring (bicyclic) bond motifs is 1. The zero-order chi connectivity index (χ0) is 20.1. The Hall–Kier alpha value is -1.94. The summed E-state index contributed by atoms with van der Waals surface area (Å²) in [6.45, 7) is 6.89. The second kappa shape index (κ2) is 9.51. The number of aryl methyl sites for hydroxylation is 2. The number of halogens is 1. The third-order valence-corrected chi connectivity index (χ3v) is 5.35. The third-order valence-electron chi connectivity index (χ3n) is 5.10. The monoisotopic (exact) mass is 397 g/mol. The van der Waals surface area contributed by atoms with Gasteiger partial charge < -0.3 is 9.84 Å². The van der Waals surface area contributed by atoms with Crippen LogP contribution in [-0.2, 0) is 11.2 Å². The summed E-state index contributed by atoms with van der Waals surface area (Å²) in [5.41, 5.74) is 6.26. The number of hydrogen-bond acceptors (Lipinski definition) is 3. The van der Waals surface area contributed by atoms with Crippen molar-refractivity contribution in [1.29, 1.82) is 0 Å². The zero-order valence-corrected chi connectivity index (χ0v) is 17.6. The van der Waals surface area contributed by atoms with E-state index in [1.165, 1.54) is 0 Å². The van der Waals surface area contributed by atoms with Crippen LogP contribution in [-0.4, -0.2) is 23.3 Å². The Bertz CT molecular complexity index is 937. The smallest absolute Gasteiger partial charge is 0.106 e. The summed E-state index contributed by atoms with van der Waals surface area (Å²) >= 11 is 6.13. The Kier molecular flexibility index (Phi) is 7.06. The molecule has 0 bridgehead atoms. The molecule has 0 aliphatic carbocycles. The lowest BCUT2D eigenvalue weighted by Crippen LogP contribution is -2.13. The largest absolute Gasteiger partial charge is 0.393 e. The summed E-state index contributed by atoms with van der Waals surface area (Å²) < 4.78 is 6.08. The maximum absolute atomic E-state index is 10.1. The van der Waals surface area contributed by atoms with Gasteiger partial charge in [-0.3, -0.25) is 4.98 Å². The molecule has 148 valence electrons. The van der Waals surface area contributed by atoms with Crippen LogP contribution >= 0.6 is 11.6 Å². The van der Waals surface area contributed by atoms with E-state index in [9.17, 15) is 5.11 Å². The maximum atomic E-state index is 10.1. The lowest BCUT2D eigenvalue weighted by atomic mass is 9.88. The molecule has 28 heavy (non-hydrogen) atoms. The van der Waals surface area contributed by atoms with Crippen molar-refractivity contribution < 1.29 is 9.84 Å². The molecule has 3 nitrogen and oxygen atoms in total. The molecule has 4 heteroatoms. The van der Waals surface area contributed by atoms with Crippen molar-refractivity contribution in [3.63, 3.8) is 0 Å². The van der Waals surface area contributed by atoms with Crippen molar-refractivity contribution in [2.45, 2.75) is 46.1 Å². The van der Waals surface area contributed by atoms with Gasteiger partial charge in [-0.25, -0.2) is 0 Å². The number of aliphatic hydroxyl groups is 1. The van der Waals surface area contributed by atoms with E-state index in [1.807, 2.05) is 24.3 Å². The Morgan fingerprint density at radius 3 is 2.50 bits per heavy atom. The highest BCUT2D eigenvalue weighted by atomic mass is 35.5. The predicted octanol–water partition coefficient (Wildman–Crippen LogP) is 6.28. The minimum absolute atomic E-state index is 0.0584. The van der Waals surface area contributed by atoms with E-state index in [0.717, 1.165) is 58.1 Å². The lowest BCUT2D eigenvalue weighted by Gasteiger charge is -2.23. The molecule has 0 saturated heterocycles. The van der Waals surface area contributed by atoms with Crippen molar-refractivity contribution in [2.24, 2.45) is 0 Å². The standard InChI is InChI=1S/C24H28ClNO2/c1-4-6-13-28-22(15-27)23-16(3)14-21-20(12-11-19(5-2)26-21)24(23)17-7-9-18(25)10-8-17/h7-12,14,22,27H,4-6,13,15H2,1-3H3. The number of nitrogens with zero attached hydrogens (tertiary/aromatic N) is 1. The molecule has 1 atom stereocenters. The molecule has 0 amide bonds. The highest BCUT2D eigenvalue weighted by molar-refractivity contribution is 6.30. The molecular weight excluding hydrogens is 370 g/mol. The summed E-state index contributed by atoms with van der Waals surface area (Å²) in [5.74, 6) is 0. The third kappa shape index (κ3) is 4.38. The second-order valence-corrected chi connectivity index (χ2v) is 7.54. The molecule has 3 rings (SSSR count). The fourth-order valence-electron chi connectivity index (χ4n) is 3.60. The normalized spacial score (nSPS) is 12.5. The van der Waals surface area contributed by atoms with Gasteiger partial charge in [-0.05, 0) is 66.3 Å². The first kappa shape index (κ1) is 20.8. The van der Waals surface area contributed by atoms with Gasteiger partial charge in [-0.1, -0.05) is 50.1 Å². The van der Waals surface area contributed by atoms with E-state index in [1.54, 1.807) is 0 Å². The van der Waals surface area contributed by atoms with Crippen molar-refractivity contribution in [2.75, 3.05) is 13.2 Å². The number of aliphatic hydroxyl groups excluding tert-OH is 1. The van der Waals surface area contributed by atoms with Crippen LogP contribution in [0.25, 0.3) is 22.0 Å². The summed E-state index contributed by atoms with van der Waals surface area (Å²) in [6.07, 6.45) is 2.56. The highest BCUT2D eigenvalue weighted by Crippen LogP contribution is 2.39. The molecule has 0 aliphatic rings. The Labute approximate surface area is 172 Å². The number of rotatable bonds is 8. The van der Waals surface area contributed by atoms with Gasteiger partial charge in [0.05, 0.1) is 12.1 Å². The Balaban J connectivity index is 2.24. The second-order valence-electron chi connectivity index (χ2n) is 7.11. The lowest BCUT2D eigenvalue weighted by molar-refractivity contribution is 0.0105. The number of unbranched alkanes of at least 4 members (excludes halogenated alkanes) is 1. The van der Waals surface area contributed by atoms with E-state index in [2.05, 4.69) is 39.0 Å². The van der Waals surface area contributed by atoms with Gasteiger partial charge >= 0.3 is 0 Å². The van der Waals surface area contributed by atoms with Crippen LogP contribution in [0, 0.1) is 6.92 Å². The summed E-state index contributed by atoms with van der Waals surface area (Å²) in [6, 6.07) is 14.2. The zero-order valence-electron chi connectivity index (χ0n) is 16.8. The highest BCUT2D eigenvalue weighted by Gasteiger charge is 2.22. The molecule has 2 aromatic carbocycles. The number of ether oxygens (including phenoxy) is 1. The van der Waals surface area contributed by atoms with Crippen LogP contribution in [0.2, 0.25) is 5.02 Å². The topological polar surface area (TPSA) is 42.4 Å². The summed E-state index contributed by atoms with van der Waals surface area (Å²) in [7, 11) is 0. The van der Waals surface area contributed by atoms with Gasteiger partial charge in [0.2, 0.25) is 0 Å². The SMILES string of the molecule is CCCCOC(CO)c1c(C)cc2nc(CC)ccc2c1-c1ccc(Cl)cc1. The van der Waals surface area contributed by atoms with Gasteiger partial charge in [0.15, 0.2) is 0 Å². The van der Waals surface area contributed by atoms with E-state index in [0.29, 0.717) is 11.6 Å². The minimum Gasteiger partial charge on any atom is -0.393 e. The van der Waals surface area contributed by atoms with Crippen LogP contribution in [0.4, 0.5) is 0 Å². The van der Waals surface area contributed by atoms with Crippen LogP contribution < -0.4 is 0 Å². The van der Waals surface area contributed by atoms with E-state index >= 15 is 0 Å². The molecule has 1 N–H and O–H groups in total. The average Bonchev–Trinajstić information content (AvgIpc) is 2.71. The summed E-state index contributed by atoms with van der Waals surface area (Å²) in [4.78, 5) is 4.83. The molecule has 1 heterocycles. The first-order valence-electron chi connectivity index (χ1n) is 10.0. The van der Waals surface area contributed by atoms with Crippen LogP contribution in [0.1, 0.15) is 49.6 Å². The maximum Gasteiger partial charge on any atom is 0.106 e. The van der Waals surface area contributed by atoms with Crippen molar-refractivity contribution in [1.82, 2.24) is 4.98 Å². The van der Waals surface area contributed by atoms with Gasteiger partial charge in [-0.15, -0.1) is 0 Å². The molecule has 0 fully saturated rings. The van der Waals surface area contributed by atoms with Crippen LogP contribution in [0.3, 0.4) is 0 Å². The number of pyridine rings is 1. The van der Waals surface area contributed by atoms with Crippen molar-refractivity contribution in [3.05, 3.63) is 64.3 Å². The minimum atomic E-state index is -0.368. The quantitative estimate of drug-likeness (QED) is 0.455. The van der Waals surface area contributed by atoms with Gasteiger partial charge in [0.25, 0.3) is 0 Å². The fraction of sp³-hybridized carbons (Fsp3) is 0.375. The number of hydrogen-bond donors (Lipinski definition) is 1. The van der Waals surface area contributed by atoms with E-state index in [4.69, 9.17) is 21.3 Å². The first-order chi connectivity index (χ1) is 13.6. The number of benzene rings is 2. The first-order valence-corrected chi connectivity index (χ1v) is 10.4. The molecule has 1 aromatic heterocycles. The molecule has 1 unspecified atom stereocenters. The van der Waals surface area contributed by atoms with Gasteiger partial charge in [0.1, 0.15) is 6.10 Å². The van der Waals surface area contributed by atoms with Crippen LogP contribution in [0.5, 0.6) is 0 Å². The van der Waals surface area contributed by atoms with Gasteiger partial charge in [-0.2, -0.15) is 0 Å². The average molecular weight is 398 g/mol. The Morgan fingerprint density at radius 2 is 1.86 bits per heavy atom. The van der Waals surface area contributed by atoms with Gasteiger partial charge in [0, 0.05) is 22.7 Å². The Morgan fingerprint density at radius 1 is 1.11 bits per heavy atom. The molecule has 3 aromatic rings. The number of aromatic nitrogens is 1. The molecule has 0 aliphatic heterocycles. The molecule has 0 saturated carbocycles. The van der Waals surface area contributed by atoms with Crippen molar-refractivity contribution in [3.8, 4) is 11.1 Å². The molecule has 0 radical (unpaired) electrons. The summed E-state index contributed by atoms with van der Waals surface area (Å²) in [5, 5.41) is 11.9. The fourth-order valence-corrected chi connectivity index (χ4v) is 3.73. The molecular formula is C24H28ClNO2. The molecule has 0 spiro atoms. The van der Waals surface area contributed by atoms with E-state index < -0.39 is 0 Å². The van der Waals surface area contributed by atoms with Crippen molar-refractivity contribution >= 4 is 22.5 Å². The predicted molar refractivity (Wildman–Crippen MR) is 117 cm³/mol.